The number of halogens is 3. The van der Waals surface area contributed by atoms with Gasteiger partial charge in [-0.25, -0.2) is 9.97 Å². The second-order valence-corrected chi connectivity index (χ2v) is 8.34. The Labute approximate surface area is 198 Å². The van der Waals surface area contributed by atoms with Crippen LogP contribution in [0, 0.1) is 11.3 Å². The van der Waals surface area contributed by atoms with Gasteiger partial charge in [0.05, 0.1) is 29.4 Å². The van der Waals surface area contributed by atoms with Crippen molar-refractivity contribution in [3.63, 3.8) is 0 Å². The summed E-state index contributed by atoms with van der Waals surface area (Å²) < 4.78 is 40.1. The number of nitriles is 1. The number of anilines is 3. The third kappa shape index (κ3) is 4.84. The molecule has 2 aromatic heterocycles. The standard InChI is InChI=1S/C23H19F3N8O/c24-23(25,26)17-9-15(4-1-13(17)10-27)34-8-7-16-19(11-34)28-12-29-21(16)31-20-6-5-18(32-33-20)22(35)30-14-2-3-14/h1,4-6,9,12,14H,2-3,7-8,11H2,(H,30,35)(H,28,29,31,33). The molecule has 1 saturated carbocycles. The van der Waals surface area contributed by atoms with Crippen LogP contribution in [0.25, 0.3) is 0 Å². The third-order valence-electron chi connectivity index (χ3n) is 5.86. The molecule has 0 atom stereocenters. The van der Waals surface area contributed by atoms with Gasteiger partial charge < -0.3 is 15.5 Å². The average Bonchev–Trinajstić information content (AvgIpc) is 3.67. The van der Waals surface area contributed by atoms with Gasteiger partial charge in [0.25, 0.3) is 5.91 Å². The molecular formula is C23H19F3N8O. The van der Waals surface area contributed by atoms with Gasteiger partial charge in [0.2, 0.25) is 0 Å². The van der Waals surface area contributed by atoms with Crippen molar-refractivity contribution >= 4 is 23.2 Å². The average molecular weight is 480 g/mol. The molecule has 1 amide bonds. The van der Waals surface area contributed by atoms with E-state index in [-0.39, 0.29) is 24.2 Å². The highest BCUT2D eigenvalue weighted by Gasteiger charge is 2.34. The van der Waals surface area contributed by atoms with E-state index in [2.05, 4.69) is 30.8 Å². The molecule has 0 spiro atoms. The number of hydrogen-bond donors (Lipinski definition) is 2. The minimum absolute atomic E-state index is 0.221. The molecular weight excluding hydrogens is 461 g/mol. The van der Waals surface area contributed by atoms with E-state index in [1.165, 1.54) is 18.5 Å². The molecule has 1 aliphatic carbocycles. The Morgan fingerprint density at radius 3 is 2.66 bits per heavy atom. The van der Waals surface area contributed by atoms with Gasteiger partial charge in [-0.2, -0.15) is 18.4 Å². The van der Waals surface area contributed by atoms with E-state index in [0.29, 0.717) is 36.0 Å². The molecule has 0 bridgehead atoms. The van der Waals surface area contributed by atoms with Crippen molar-refractivity contribution in [1.29, 1.82) is 5.26 Å². The molecule has 1 aromatic carbocycles. The summed E-state index contributed by atoms with van der Waals surface area (Å²) in [6, 6.07) is 8.73. The van der Waals surface area contributed by atoms with Gasteiger partial charge in [0, 0.05) is 23.8 Å². The molecule has 35 heavy (non-hydrogen) atoms. The number of amides is 1. The Kier molecular flexibility index (Phi) is 5.68. The van der Waals surface area contributed by atoms with Gasteiger partial charge in [0.15, 0.2) is 11.5 Å². The first kappa shape index (κ1) is 22.5. The minimum atomic E-state index is -4.62. The lowest BCUT2D eigenvalue weighted by Crippen LogP contribution is -2.32. The van der Waals surface area contributed by atoms with E-state index in [9.17, 15) is 18.0 Å². The summed E-state index contributed by atoms with van der Waals surface area (Å²) in [4.78, 5) is 22.5. The monoisotopic (exact) mass is 480 g/mol. The topological polar surface area (TPSA) is 120 Å². The van der Waals surface area contributed by atoms with E-state index in [4.69, 9.17) is 5.26 Å². The summed E-state index contributed by atoms with van der Waals surface area (Å²) in [6.07, 6.45) is -0.818. The zero-order valence-corrected chi connectivity index (χ0v) is 18.3. The number of alkyl halides is 3. The van der Waals surface area contributed by atoms with Crippen molar-refractivity contribution in [2.24, 2.45) is 0 Å². The lowest BCUT2D eigenvalue weighted by molar-refractivity contribution is -0.137. The highest BCUT2D eigenvalue weighted by atomic mass is 19.4. The molecule has 2 aliphatic rings. The number of nitrogens with one attached hydrogen (secondary N) is 2. The van der Waals surface area contributed by atoms with Crippen LogP contribution in [0.15, 0.2) is 36.7 Å². The van der Waals surface area contributed by atoms with E-state index < -0.39 is 17.3 Å². The van der Waals surface area contributed by atoms with Crippen LogP contribution in [0.4, 0.5) is 30.5 Å². The summed E-state index contributed by atoms with van der Waals surface area (Å²) in [5, 5.41) is 23.0. The Balaban J connectivity index is 1.32. The summed E-state index contributed by atoms with van der Waals surface area (Å²) in [5.74, 6) is 0.663. The molecule has 0 unspecified atom stereocenters. The lowest BCUT2D eigenvalue weighted by Gasteiger charge is -2.31. The van der Waals surface area contributed by atoms with Crippen molar-refractivity contribution < 1.29 is 18.0 Å². The Morgan fingerprint density at radius 1 is 1.14 bits per heavy atom. The lowest BCUT2D eigenvalue weighted by atomic mass is 10.0. The van der Waals surface area contributed by atoms with Crippen molar-refractivity contribution in [2.75, 3.05) is 16.8 Å². The molecule has 12 heteroatoms. The number of fused-ring (bicyclic) bond motifs is 1. The number of benzene rings is 1. The maximum atomic E-state index is 13.4. The summed E-state index contributed by atoms with van der Waals surface area (Å²) in [5.41, 5.74) is 0.709. The molecule has 5 rings (SSSR count). The van der Waals surface area contributed by atoms with Crippen LogP contribution in [0.1, 0.15) is 45.7 Å². The SMILES string of the molecule is N#Cc1ccc(N2CCc3c(ncnc3Nc3ccc(C(=O)NC4CC4)nn3)C2)cc1C(F)(F)F. The van der Waals surface area contributed by atoms with E-state index in [1.807, 2.05) is 0 Å². The van der Waals surface area contributed by atoms with E-state index in [0.717, 1.165) is 24.5 Å². The fourth-order valence-corrected chi connectivity index (χ4v) is 3.87. The molecule has 0 saturated heterocycles. The molecule has 3 aromatic rings. The molecule has 3 heterocycles. The molecule has 0 radical (unpaired) electrons. The number of rotatable bonds is 5. The third-order valence-corrected chi connectivity index (χ3v) is 5.86. The molecule has 1 fully saturated rings. The smallest absolute Gasteiger partial charge is 0.365 e. The van der Waals surface area contributed by atoms with Crippen LogP contribution >= 0.6 is 0 Å². The second kappa shape index (κ2) is 8.83. The summed E-state index contributed by atoms with van der Waals surface area (Å²) in [6.45, 7) is 0.714. The Bertz CT molecular complexity index is 1320. The predicted octanol–water partition coefficient (Wildman–Crippen LogP) is 3.36. The number of carbonyl (C=O) groups is 1. The predicted molar refractivity (Wildman–Crippen MR) is 119 cm³/mol. The van der Waals surface area contributed by atoms with Gasteiger partial charge in [-0.3, -0.25) is 4.79 Å². The number of carbonyl (C=O) groups excluding carboxylic acids is 1. The number of aromatic nitrogens is 4. The fraction of sp³-hybridized carbons (Fsp3) is 0.304. The molecule has 2 N–H and O–H groups in total. The summed E-state index contributed by atoms with van der Waals surface area (Å²) in [7, 11) is 0. The van der Waals surface area contributed by atoms with Crippen molar-refractivity contribution in [3.05, 3.63) is 64.7 Å². The van der Waals surface area contributed by atoms with Crippen molar-refractivity contribution in [2.45, 2.75) is 38.0 Å². The van der Waals surface area contributed by atoms with Crippen LogP contribution in [0.2, 0.25) is 0 Å². The van der Waals surface area contributed by atoms with Crippen molar-refractivity contribution in [3.8, 4) is 6.07 Å². The first-order chi connectivity index (χ1) is 16.8. The van der Waals surface area contributed by atoms with Crippen LogP contribution in [0.3, 0.4) is 0 Å². The van der Waals surface area contributed by atoms with Gasteiger partial charge in [-0.15, -0.1) is 10.2 Å². The summed E-state index contributed by atoms with van der Waals surface area (Å²) >= 11 is 0. The minimum Gasteiger partial charge on any atom is -0.365 e. The number of nitrogens with zero attached hydrogens (tertiary/aromatic N) is 6. The van der Waals surface area contributed by atoms with Crippen molar-refractivity contribution in [1.82, 2.24) is 25.5 Å². The Hall–Kier alpha value is -4.27. The van der Waals surface area contributed by atoms with E-state index >= 15 is 0 Å². The fourth-order valence-electron chi connectivity index (χ4n) is 3.87. The van der Waals surface area contributed by atoms with Gasteiger partial charge in [-0.05, 0) is 49.6 Å². The second-order valence-electron chi connectivity index (χ2n) is 8.34. The normalized spacial score (nSPS) is 15.2. The van der Waals surface area contributed by atoms with Crippen LogP contribution in [-0.4, -0.2) is 38.7 Å². The molecule has 1 aliphatic heterocycles. The van der Waals surface area contributed by atoms with Crippen LogP contribution in [-0.2, 0) is 19.1 Å². The first-order valence-electron chi connectivity index (χ1n) is 10.9. The van der Waals surface area contributed by atoms with Gasteiger partial charge >= 0.3 is 6.18 Å². The van der Waals surface area contributed by atoms with Crippen LogP contribution < -0.4 is 15.5 Å². The Morgan fingerprint density at radius 2 is 1.97 bits per heavy atom. The van der Waals surface area contributed by atoms with Gasteiger partial charge in [0.1, 0.15) is 12.1 Å². The largest absolute Gasteiger partial charge is 0.417 e. The highest BCUT2D eigenvalue weighted by Crippen LogP contribution is 2.36. The zero-order chi connectivity index (χ0) is 24.6. The maximum Gasteiger partial charge on any atom is 0.417 e. The molecule has 9 nitrogen and oxygen atoms in total. The zero-order valence-electron chi connectivity index (χ0n) is 18.3. The number of hydrogen-bond acceptors (Lipinski definition) is 8. The van der Waals surface area contributed by atoms with E-state index in [1.54, 1.807) is 23.1 Å². The maximum absolute atomic E-state index is 13.4. The quantitative estimate of drug-likeness (QED) is 0.571. The highest BCUT2D eigenvalue weighted by molar-refractivity contribution is 5.92. The molecule has 178 valence electrons. The van der Waals surface area contributed by atoms with Crippen LogP contribution in [0.5, 0.6) is 0 Å². The van der Waals surface area contributed by atoms with Gasteiger partial charge in [-0.1, -0.05) is 0 Å². The first-order valence-corrected chi connectivity index (χ1v) is 10.9.